The molecule has 1 aliphatic rings. The van der Waals surface area contributed by atoms with E-state index >= 15 is 0 Å². The fraction of sp³-hybridized carbons (Fsp3) is 0.632. The molecule has 24 heavy (non-hydrogen) atoms. The monoisotopic (exact) mass is 444 g/mol. The van der Waals surface area contributed by atoms with Gasteiger partial charge in [0.15, 0.2) is 5.96 Å². The van der Waals surface area contributed by atoms with Crippen LogP contribution in [0.4, 0.5) is 0 Å². The normalized spacial score (nSPS) is 18.8. The van der Waals surface area contributed by atoms with E-state index in [9.17, 15) is 0 Å². The van der Waals surface area contributed by atoms with E-state index < -0.39 is 0 Å². The van der Waals surface area contributed by atoms with Crippen LogP contribution in [0.25, 0.3) is 0 Å². The number of rotatable bonds is 5. The van der Waals surface area contributed by atoms with Crippen molar-refractivity contribution in [2.45, 2.75) is 33.2 Å². The Morgan fingerprint density at radius 1 is 1.33 bits per heavy atom. The summed E-state index contributed by atoms with van der Waals surface area (Å²) in [6, 6.07) is 8.74. The highest BCUT2D eigenvalue weighted by Gasteiger charge is 2.17. The third kappa shape index (κ3) is 6.97. The van der Waals surface area contributed by atoms with E-state index in [1.54, 1.807) is 0 Å². The highest BCUT2D eigenvalue weighted by atomic mass is 127. The van der Waals surface area contributed by atoms with Gasteiger partial charge in [-0.15, -0.1) is 24.0 Å². The van der Waals surface area contributed by atoms with Crippen molar-refractivity contribution in [3.05, 3.63) is 35.4 Å². The molecule has 136 valence electrons. The zero-order valence-electron chi connectivity index (χ0n) is 15.6. The Morgan fingerprint density at radius 2 is 2.04 bits per heavy atom. The van der Waals surface area contributed by atoms with Crippen molar-refractivity contribution in [2.75, 3.05) is 40.3 Å². The van der Waals surface area contributed by atoms with Crippen molar-refractivity contribution in [3.63, 3.8) is 0 Å². The predicted molar refractivity (Wildman–Crippen MR) is 114 cm³/mol. The fourth-order valence-electron chi connectivity index (χ4n) is 3.15. The van der Waals surface area contributed by atoms with Crippen LogP contribution in [0, 0.1) is 12.8 Å². The molecule has 5 heteroatoms. The number of hydrogen-bond donors (Lipinski definition) is 1. The number of piperidine rings is 1. The second-order valence-electron chi connectivity index (χ2n) is 6.81. The summed E-state index contributed by atoms with van der Waals surface area (Å²) in [4.78, 5) is 9.54. The molecule has 0 bridgehead atoms. The van der Waals surface area contributed by atoms with Crippen molar-refractivity contribution < 1.29 is 0 Å². The lowest BCUT2D eigenvalue weighted by atomic mass is 9.99. The third-order valence-electron chi connectivity index (χ3n) is 4.46. The Hall–Kier alpha value is -0.820. The molecule has 0 aliphatic carbocycles. The van der Waals surface area contributed by atoms with E-state index in [0.717, 1.165) is 25.6 Å². The molecule has 1 fully saturated rings. The van der Waals surface area contributed by atoms with Gasteiger partial charge < -0.3 is 15.1 Å². The highest BCUT2D eigenvalue weighted by Crippen LogP contribution is 2.15. The van der Waals surface area contributed by atoms with Crippen molar-refractivity contribution >= 4 is 29.9 Å². The average Bonchev–Trinajstić information content (AvgIpc) is 2.53. The lowest BCUT2D eigenvalue weighted by Crippen LogP contribution is -2.39. The third-order valence-corrected chi connectivity index (χ3v) is 4.46. The first kappa shape index (κ1) is 21.2. The fourth-order valence-corrected chi connectivity index (χ4v) is 3.15. The molecule has 0 radical (unpaired) electrons. The van der Waals surface area contributed by atoms with Gasteiger partial charge in [0, 0.05) is 33.2 Å². The maximum atomic E-state index is 4.89. The molecule has 1 aromatic carbocycles. The van der Waals surface area contributed by atoms with Crippen LogP contribution in [0.2, 0.25) is 0 Å². The second kappa shape index (κ2) is 10.9. The van der Waals surface area contributed by atoms with Gasteiger partial charge in [0.1, 0.15) is 0 Å². The minimum atomic E-state index is 0. The van der Waals surface area contributed by atoms with E-state index in [0.29, 0.717) is 5.92 Å². The maximum Gasteiger partial charge on any atom is 0.193 e. The van der Waals surface area contributed by atoms with E-state index in [4.69, 9.17) is 4.99 Å². The van der Waals surface area contributed by atoms with Gasteiger partial charge in [-0.2, -0.15) is 0 Å². The first-order valence-corrected chi connectivity index (χ1v) is 8.82. The van der Waals surface area contributed by atoms with Crippen molar-refractivity contribution in [1.29, 1.82) is 0 Å². The summed E-state index contributed by atoms with van der Waals surface area (Å²) in [6.45, 7) is 9.37. The molecule has 1 saturated heterocycles. The van der Waals surface area contributed by atoms with Crippen molar-refractivity contribution in [3.8, 4) is 0 Å². The number of likely N-dealkylation sites (tertiary alicyclic amines) is 1. The maximum absolute atomic E-state index is 4.89. The Bertz CT molecular complexity index is 501. The smallest absolute Gasteiger partial charge is 0.193 e. The Labute approximate surface area is 164 Å². The zero-order valence-corrected chi connectivity index (χ0v) is 17.9. The lowest BCUT2D eigenvalue weighted by Gasteiger charge is -2.29. The van der Waals surface area contributed by atoms with Gasteiger partial charge in [-0.25, -0.2) is 0 Å². The van der Waals surface area contributed by atoms with Gasteiger partial charge in [0.05, 0.1) is 0 Å². The first-order valence-electron chi connectivity index (χ1n) is 8.82. The van der Waals surface area contributed by atoms with Crippen LogP contribution in [0.15, 0.2) is 29.3 Å². The van der Waals surface area contributed by atoms with Crippen LogP contribution in [-0.4, -0.2) is 56.0 Å². The Kier molecular flexibility index (Phi) is 9.66. The van der Waals surface area contributed by atoms with Gasteiger partial charge in [-0.1, -0.05) is 29.8 Å². The molecule has 0 amide bonds. The van der Waals surface area contributed by atoms with Crippen LogP contribution >= 0.6 is 24.0 Å². The number of nitrogens with one attached hydrogen (secondary N) is 1. The van der Waals surface area contributed by atoms with E-state index in [-0.39, 0.29) is 24.0 Å². The summed E-state index contributed by atoms with van der Waals surface area (Å²) in [7, 11) is 4.33. The zero-order chi connectivity index (χ0) is 16.7. The minimum Gasteiger partial charge on any atom is -0.357 e. The second-order valence-corrected chi connectivity index (χ2v) is 6.81. The number of hydrogen-bond acceptors (Lipinski definition) is 2. The van der Waals surface area contributed by atoms with E-state index in [1.807, 2.05) is 0 Å². The van der Waals surface area contributed by atoms with Gasteiger partial charge >= 0.3 is 0 Å². The number of halogens is 1. The number of guanidine groups is 1. The molecule has 1 N–H and O–H groups in total. The molecule has 1 atom stereocenters. The molecule has 1 heterocycles. The summed E-state index contributed by atoms with van der Waals surface area (Å²) in [5.74, 6) is 1.71. The van der Waals surface area contributed by atoms with Gasteiger partial charge in [-0.05, 0) is 51.8 Å². The first-order chi connectivity index (χ1) is 11.1. The minimum absolute atomic E-state index is 0. The molecule has 0 saturated carbocycles. The molecular formula is C19H33IN4. The lowest BCUT2D eigenvalue weighted by molar-refractivity contribution is 0.214. The Morgan fingerprint density at radius 3 is 2.67 bits per heavy atom. The molecule has 4 nitrogen and oxygen atoms in total. The van der Waals surface area contributed by atoms with E-state index in [1.165, 1.54) is 37.1 Å². The quantitative estimate of drug-likeness (QED) is 0.430. The van der Waals surface area contributed by atoms with Crippen LogP contribution in [-0.2, 0) is 6.54 Å². The summed E-state index contributed by atoms with van der Waals surface area (Å²) in [5, 5.41) is 3.43. The summed E-state index contributed by atoms with van der Waals surface area (Å²) in [5.41, 5.74) is 2.62. The Balaban J connectivity index is 0.00000288. The topological polar surface area (TPSA) is 30.9 Å². The van der Waals surface area contributed by atoms with Gasteiger partial charge in [-0.3, -0.25) is 4.99 Å². The number of aryl methyl sites for hydroxylation is 1. The van der Waals surface area contributed by atoms with Crippen LogP contribution in [0.1, 0.15) is 30.9 Å². The molecule has 0 spiro atoms. The molecule has 2 rings (SSSR count). The van der Waals surface area contributed by atoms with E-state index in [2.05, 4.69) is 67.3 Å². The summed E-state index contributed by atoms with van der Waals surface area (Å²) >= 11 is 0. The van der Waals surface area contributed by atoms with Crippen molar-refractivity contribution in [1.82, 2.24) is 15.1 Å². The molecule has 1 aliphatic heterocycles. The van der Waals surface area contributed by atoms with Crippen LogP contribution < -0.4 is 5.32 Å². The predicted octanol–water partition coefficient (Wildman–Crippen LogP) is 3.35. The SMILES string of the molecule is CCNC(=NCC1CCCN(C)C1)N(C)Cc1ccc(C)cc1.I. The van der Waals surface area contributed by atoms with Crippen molar-refractivity contribution in [2.24, 2.45) is 10.9 Å². The standard InChI is InChI=1S/C19H32N4.HI/c1-5-20-19(21-13-18-7-6-12-22(3)14-18)23(4)15-17-10-8-16(2)9-11-17;/h8-11,18H,5-7,12-15H2,1-4H3,(H,20,21);1H. The molecular weight excluding hydrogens is 411 g/mol. The summed E-state index contributed by atoms with van der Waals surface area (Å²) < 4.78 is 0. The summed E-state index contributed by atoms with van der Waals surface area (Å²) in [6.07, 6.45) is 2.60. The van der Waals surface area contributed by atoms with Gasteiger partial charge in [0.2, 0.25) is 0 Å². The largest absolute Gasteiger partial charge is 0.357 e. The number of aliphatic imine (C=N–C) groups is 1. The number of nitrogens with zero attached hydrogens (tertiary/aromatic N) is 3. The number of benzene rings is 1. The molecule has 1 aromatic rings. The van der Waals surface area contributed by atoms with Crippen LogP contribution in [0.5, 0.6) is 0 Å². The van der Waals surface area contributed by atoms with Crippen LogP contribution in [0.3, 0.4) is 0 Å². The molecule has 0 aromatic heterocycles. The highest BCUT2D eigenvalue weighted by molar-refractivity contribution is 14.0. The average molecular weight is 444 g/mol. The van der Waals surface area contributed by atoms with Gasteiger partial charge in [0.25, 0.3) is 0 Å². The molecule has 1 unspecified atom stereocenters.